The van der Waals surface area contributed by atoms with Crippen LogP contribution in [0.1, 0.15) is 111 Å². The van der Waals surface area contributed by atoms with Crippen molar-refractivity contribution >= 4 is 23.6 Å². The minimum absolute atomic E-state index is 0.0470. The minimum Gasteiger partial charge on any atom is -0.488 e. The third-order valence-electron chi connectivity index (χ3n) is 15.1. The van der Waals surface area contributed by atoms with E-state index in [9.17, 15) is 19.2 Å². The molecular formula is C58H68N10O6. The molecule has 0 radical (unpaired) electrons. The topological polar surface area (TPSA) is 181 Å². The first-order chi connectivity index (χ1) is 35.7. The molecule has 4 N–H and O–H groups in total. The van der Waals surface area contributed by atoms with Gasteiger partial charge in [-0.3, -0.25) is 29.0 Å². The summed E-state index contributed by atoms with van der Waals surface area (Å²) in [7, 11) is 7.53. The molecule has 386 valence electrons. The number of hydrogen-bond donors (Lipinski definition) is 4. The normalized spacial score (nSPS) is 18.5. The Bertz CT molecular complexity index is 2770. The van der Waals surface area contributed by atoms with Crippen LogP contribution in [0, 0.1) is 11.8 Å². The smallest absolute Gasteiger partial charge is 0.250 e. The monoisotopic (exact) mass is 1000 g/mol. The number of likely N-dealkylation sites (tertiary alicyclic amines) is 2. The first kappa shape index (κ1) is 50.2. The molecule has 4 amide bonds. The molecule has 16 heteroatoms. The van der Waals surface area contributed by atoms with Crippen molar-refractivity contribution in [2.45, 2.75) is 103 Å². The van der Waals surface area contributed by atoms with Crippen molar-refractivity contribution in [3.63, 3.8) is 0 Å². The Morgan fingerprint density at radius 3 is 1.35 bits per heavy atom. The first-order valence-corrected chi connectivity index (χ1v) is 26.0. The molecule has 0 bridgehead atoms. The van der Waals surface area contributed by atoms with Gasteiger partial charge in [-0.05, 0) is 101 Å². The fourth-order valence-corrected chi connectivity index (χ4v) is 11.8. The molecule has 74 heavy (non-hydrogen) atoms. The van der Waals surface area contributed by atoms with E-state index in [0.717, 1.165) is 93.1 Å². The number of rotatable bonds is 16. The largest absolute Gasteiger partial charge is 0.488 e. The summed E-state index contributed by atoms with van der Waals surface area (Å²) in [6.45, 7) is 9.80. The Balaban J connectivity index is 0.866. The van der Waals surface area contributed by atoms with Gasteiger partial charge in [-0.15, -0.1) is 0 Å². The number of aromatic amines is 2. The third-order valence-corrected chi connectivity index (χ3v) is 15.1. The van der Waals surface area contributed by atoms with Gasteiger partial charge in [0, 0.05) is 46.5 Å². The van der Waals surface area contributed by atoms with E-state index < -0.39 is 24.2 Å². The van der Waals surface area contributed by atoms with Crippen LogP contribution in [0.25, 0.3) is 33.6 Å². The number of aromatic nitrogens is 4. The van der Waals surface area contributed by atoms with E-state index in [1.807, 2.05) is 161 Å². The van der Waals surface area contributed by atoms with Crippen LogP contribution in [0.2, 0.25) is 0 Å². The van der Waals surface area contributed by atoms with Gasteiger partial charge in [0.2, 0.25) is 23.6 Å². The van der Waals surface area contributed by atoms with E-state index in [1.54, 1.807) is 0 Å². The third kappa shape index (κ3) is 9.68. The zero-order valence-corrected chi connectivity index (χ0v) is 43.6. The Morgan fingerprint density at radius 2 is 0.986 bits per heavy atom. The van der Waals surface area contributed by atoms with E-state index in [1.165, 1.54) is 0 Å². The van der Waals surface area contributed by atoms with Crippen LogP contribution < -0.4 is 20.1 Å². The summed E-state index contributed by atoms with van der Waals surface area (Å²) < 4.78 is 13.1. The maximum absolute atomic E-state index is 14.6. The molecule has 2 aromatic heterocycles. The Labute approximate surface area is 433 Å². The van der Waals surface area contributed by atoms with E-state index in [0.29, 0.717) is 38.0 Å². The van der Waals surface area contributed by atoms with Crippen LogP contribution in [0.5, 0.6) is 11.5 Å². The van der Waals surface area contributed by atoms with Crippen molar-refractivity contribution in [2.75, 3.05) is 41.3 Å². The molecule has 4 aromatic carbocycles. The van der Waals surface area contributed by atoms with E-state index in [2.05, 4.69) is 32.7 Å². The maximum atomic E-state index is 14.6. The highest BCUT2D eigenvalue weighted by molar-refractivity contribution is 5.93. The maximum Gasteiger partial charge on any atom is 0.250 e. The summed E-state index contributed by atoms with van der Waals surface area (Å²) in [6.07, 6.45) is 6.72. The lowest BCUT2D eigenvalue weighted by Crippen LogP contribution is -2.51. The second-order valence-corrected chi connectivity index (χ2v) is 21.3. The molecule has 0 spiro atoms. The number of likely N-dealkylation sites (N-methyl/N-ethyl adjacent to an activating group) is 2. The van der Waals surface area contributed by atoms with Crippen LogP contribution in [0.4, 0.5) is 0 Å². The number of nitrogens with zero attached hydrogens (tertiary/aromatic N) is 6. The number of benzene rings is 4. The highest BCUT2D eigenvalue weighted by Crippen LogP contribution is 2.51. The fourth-order valence-electron chi connectivity index (χ4n) is 11.8. The van der Waals surface area contributed by atoms with Crippen molar-refractivity contribution in [1.29, 1.82) is 0 Å². The predicted octanol–water partition coefficient (Wildman–Crippen LogP) is 8.13. The zero-order chi connectivity index (χ0) is 51.9. The first-order valence-electron chi connectivity index (χ1n) is 26.0. The van der Waals surface area contributed by atoms with Crippen LogP contribution in [-0.4, -0.2) is 117 Å². The van der Waals surface area contributed by atoms with Crippen molar-refractivity contribution in [3.8, 4) is 45.1 Å². The summed E-state index contributed by atoms with van der Waals surface area (Å²) in [6, 6.07) is 24.2. The van der Waals surface area contributed by atoms with Crippen molar-refractivity contribution < 1.29 is 28.7 Å². The zero-order valence-electron chi connectivity index (χ0n) is 43.6. The molecule has 16 nitrogen and oxygen atoms in total. The van der Waals surface area contributed by atoms with Gasteiger partial charge in [-0.25, -0.2) is 9.97 Å². The number of imidazole rings is 2. The number of carbonyl (C=O) groups excluding carboxylic acids is 4. The van der Waals surface area contributed by atoms with Crippen molar-refractivity contribution in [2.24, 2.45) is 11.8 Å². The van der Waals surface area contributed by atoms with Crippen molar-refractivity contribution in [1.82, 2.24) is 50.2 Å². The summed E-state index contributed by atoms with van der Waals surface area (Å²) in [5.74, 6) is 2.30. The predicted molar refractivity (Wildman–Crippen MR) is 282 cm³/mol. The van der Waals surface area contributed by atoms with Gasteiger partial charge in [0.25, 0.3) is 0 Å². The van der Waals surface area contributed by atoms with Gasteiger partial charge in [0.1, 0.15) is 48.4 Å². The molecule has 4 aliphatic rings. The lowest BCUT2D eigenvalue weighted by atomic mass is 9.87. The molecule has 2 fully saturated rings. The van der Waals surface area contributed by atoms with Gasteiger partial charge in [-0.1, -0.05) is 88.4 Å². The number of H-pyrrole nitrogens is 2. The number of hydrogen-bond acceptors (Lipinski definition) is 10. The summed E-state index contributed by atoms with van der Waals surface area (Å²) >= 11 is 0. The highest BCUT2D eigenvalue weighted by atomic mass is 16.5. The average molecular weight is 1000 g/mol. The van der Waals surface area contributed by atoms with Crippen LogP contribution in [0.3, 0.4) is 0 Å². The molecule has 0 unspecified atom stereocenters. The second-order valence-electron chi connectivity index (χ2n) is 21.3. The lowest BCUT2D eigenvalue weighted by Gasteiger charge is -2.32. The number of ether oxygens (including phenoxy) is 2. The van der Waals surface area contributed by atoms with Gasteiger partial charge in [0.15, 0.2) is 0 Å². The second kappa shape index (κ2) is 20.9. The molecular weight excluding hydrogens is 933 g/mol. The Kier molecular flexibility index (Phi) is 14.2. The molecule has 6 aromatic rings. The molecule has 2 saturated heterocycles. The molecule has 10 rings (SSSR count). The SMILES string of the molecule is CC(C)[C@@H](C(=O)N[C@@H](C(=O)N1CCC[C@H]1c1ncc(-c2cc3c4c(c2)OCc2cc(-c5cnc([C@@H]6CCCN6C(=O)[C@H](NC(=O)[C@H](C(C)C)N(C)C)c6ccccc6)[nH]5)cc(c2-4)OC3)[nH]1)c1ccccc1)N(C)C. The number of amides is 4. The summed E-state index contributed by atoms with van der Waals surface area (Å²) in [4.78, 5) is 80.9. The fraction of sp³-hybridized carbons (Fsp3) is 0.414. The number of nitrogens with one attached hydrogen (secondary N) is 4. The van der Waals surface area contributed by atoms with Gasteiger partial charge in [-0.2, -0.15) is 0 Å². The molecule has 6 heterocycles. The van der Waals surface area contributed by atoms with Gasteiger partial charge >= 0.3 is 0 Å². The van der Waals surface area contributed by atoms with E-state index in [-0.39, 0.29) is 47.5 Å². The highest BCUT2D eigenvalue weighted by Gasteiger charge is 2.41. The van der Waals surface area contributed by atoms with Crippen LogP contribution >= 0.6 is 0 Å². The average Bonchev–Trinajstić information content (AvgIpc) is 4.24. The molecule has 0 saturated carbocycles. The van der Waals surface area contributed by atoms with Gasteiger partial charge in [0.05, 0.1) is 47.9 Å². The minimum atomic E-state index is -0.848. The Hall–Kier alpha value is -7.30. The Morgan fingerprint density at radius 1 is 0.595 bits per heavy atom. The summed E-state index contributed by atoms with van der Waals surface area (Å²) in [5, 5.41) is 6.24. The summed E-state index contributed by atoms with van der Waals surface area (Å²) in [5.41, 5.74) is 8.87. The quantitative estimate of drug-likeness (QED) is 0.0740. The molecule has 6 atom stereocenters. The molecule has 0 aliphatic carbocycles. The van der Waals surface area contributed by atoms with Crippen LogP contribution in [-0.2, 0) is 32.4 Å². The number of carbonyl (C=O) groups is 4. The van der Waals surface area contributed by atoms with Crippen LogP contribution in [0.15, 0.2) is 97.3 Å². The standard InChI is InChI=1S/C58H68N10O6/c1-33(2)51(65(5)6)55(69)63-49(35-17-11-9-12-18-35)57(71)67-23-15-21-43(67)53-59-29-41(61-53)37-25-39-31-74-46-28-38(26-40-32-73-45(27-37)47(39)48(40)46)42-30-60-54(62-42)44-22-16-24-68(44)58(72)50(36-19-13-10-14-20-36)64-56(70)52(34(3)4)66(7)8/h9-14,17-20,25-30,33-34,43-44,49-52H,15-16,21-24,31-32H2,1-8H3,(H,59,61)(H,60,62)(H,63,69)(H,64,70)/t43-,44-,49+,50+,51-,52-/m0/s1. The van der Waals surface area contributed by atoms with E-state index in [4.69, 9.17) is 19.4 Å². The lowest BCUT2D eigenvalue weighted by molar-refractivity contribution is -0.139. The van der Waals surface area contributed by atoms with Crippen molar-refractivity contribution in [3.05, 3.63) is 131 Å². The molecule has 4 aliphatic heterocycles. The van der Waals surface area contributed by atoms with Gasteiger partial charge < -0.3 is 39.9 Å². The van der Waals surface area contributed by atoms with E-state index >= 15 is 0 Å².